The van der Waals surface area contributed by atoms with Crippen LogP contribution in [-0.2, 0) is 25.1 Å². The molecule has 5 aromatic carbocycles. The van der Waals surface area contributed by atoms with Gasteiger partial charge >= 0.3 is 0 Å². The summed E-state index contributed by atoms with van der Waals surface area (Å²) < 4.78 is 10.8. The van der Waals surface area contributed by atoms with E-state index in [1.54, 1.807) is 50.2 Å². The summed E-state index contributed by atoms with van der Waals surface area (Å²) >= 11 is 31.9. The minimum atomic E-state index is -1.65. The molecule has 5 rings (SSSR count). The Balaban J connectivity index is 1.27. The van der Waals surface area contributed by atoms with Gasteiger partial charge in [0, 0.05) is 17.3 Å². The van der Waals surface area contributed by atoms with E-state index in [1.165, 1.54) is 68.8 Å². The van der Waals surface area contributed by atoms with Gasteiger partial charge in [0.05, 0.1) is 57.5 Å². The topological polar surface area (TPSA) is 218 Å². The number of carbonyl (C=O) groups is 6. The molecule has 0 heterocycles. The van der Waals surface area contributed by atoms with Crippen LogP contribution in [-0.4, -0.2) is 61.5 Å². The number of ketones is 2. The summed E-state index contributed by atoms with van der Waals surface area (Å²) in [6.07, 6.45) is 0. The molecule has 68 heavy (non-hydrogen) atoms. The van der Waals surface area contributed by atoms with E-state index in [1.807, 2.05) is 0 Å². The molecule has 0 radical (unpaired) electrons. The van der Waals surface area contributed by atoms with Crippen LogP contribution in [0.4, 0.5) is 34.1 Å². The van der Waals surface area contributed by atoms with Crippen molar-refractivity contribution in [3.8, 4) is 11.5 Å². The Bertz CT molecular complexity index is 2820. The molecule has 0 aromatic heterocycles. The first-order valence-electron chi connectivity index (χ1n) is 20.3. The van der Waals surface area contributed by atoms with Crippen molar-refractivity contribution >= 4 is 127 Å². The number of rotatable bonds is 19. The Labute approximate surface area is 416 Å². The third-order valence-electron chi connectivity index (χ3n) is 9.91. The Morgan fingerprint density at radius 3 is 1.41 bits per heavy atom. The molecule has 21 heteroatoms. The minimum Gasteiger partial charge on any atom is -0.495 e. The highest BCUT2D eigenvalue weighted by molar-refractivity contribution is 6.37. The van der Waals surface area contributed by atoms with Gasteiger partial charge in [0.2, 0.25) is 12.1 Å². The smallest absolute Gasteiger partial charge is 0.258 e. The van der Waals surface area contributed by atoms with Gasteiger partial charge in [-0.25, -0.2) is 0 Å². The first-order chi connectivity index (χ1) is 32.4. The van der Waals surface area contributed by atoms with Crippen LogP contribution < -0.4 is 30.7 Å². The molecular formula is C47H43Cl5N8O8. The fraction of sp³-hybridized carbons (Fsp3) is 0.234. The summed E-state index contributed by atoms with van der Waals surface area (Å²) in [5.74, 6) is -3.66. The number of benzene rings is 5. The lowest BCUT2D eigenvalue weighted by molar-refractivity contribution is -0.127. The molecule has 4 unspecified atom stereocenters. The number of nitrogens with zero attached hydrogens (tertiary/aromatic N) is 4. The van der Waals surface area contributed by atoms with E-state index in [4.69, 9.17) is 67.5 Å². The number of hydrogen-bond acceptors (Lipinski definition) is 12. The van der Waals surface area contributed by atoms with Gasteiger partial charge in [0.25, 0.3) is 23.6 Å². The fourth-order valence-corrected chi connectivity index (χ4v) is 7.25. The van der Waals surface area contributed by atoms with Gasteiger partial charge in [-0.2, -0.15) is 20.5 Å². The van der Waals surface area contributed by atoms with Crippen molar-refractivity contribution in [3.05, 3.63) is 129 Å². The van der Waals surface area contributed by atoms with E-state index < -0.39 is 47.3 Å². The highest BCUT2D eigenvalue weighted by atomic mass is 35.5. The fourth-order valence-electron chi connectivity index (χ4n) is 6.26. The zero-order chi connectivity index (χ0) is 49.8. The van der Waals surface area contributed by atoms with E-state index in [0.717, 1.165) is 25.0 Å². The molecule has 0 fully saturated rings. The lowest BCUT2D eigenvalue weighted by atomic mass is 10.1. The van der Waals surface area contributed by atoms with Crippen molar-refractivity contribution in [2.24, 2.45) is 20.5 Å². The van der Waals surface area contributed by atoms with Gasteiger partial charge in [0.15, 0.2) is 11.6 Å². The maximum Gasteiger partial charge on any atom is 0.258 e. The Morgan fingerprint density at radius 2 is 1.01 bits per heavy atom. The molecule has 0 bridgehead atoms. The second kappa shape index (κ2) is 24.0. The zero-order valence-corrected chi connectivity index (χ0v) is 40.9. The number of nitrogens with one attached hydrogen (secondary N) is 4. The van der Waals surface area contributed by atoms with E-state index in [9.17, 15) is 28.8 Å². The molecule has 0 saturated heterocycles. The number of Topliss-reactive ketones (excluding diaryl/α,β-unsaturated/α-hetero) is 2. The van der Waals surface area contributed by atoms with Gasteiger partial charge < -0.3 is 30.7 Å². The van der Waals surface area contributed by atoms with Crippen molar-refractivity contribution < 1.29 is 38.2 Å². The largest absolute Gasteiger partial charge is 0.495 e. The molecule has 0 saturated carbocycles. The van der Waals surface area contributed by atoms with Crippen molar-refractivity contribution in [3.63, 3.8) is 0 Å². The van der Waals surface area contributed by atoms with Gasteiger partial charge in [0.1, 0.15) is 22.9 Å². The average molecular weight is 1030 g/mol. The number of hydrogen-bond donors (Lipinski definition) is 4. The number of anilines is 4. The van der Waals surface area contributed by atoms with Crippen LogP contribution in [0.2, 0.25) is 10.0 Å². The molecule has 4 N–H and O–H groups in total. The molecule has 0 aliphatic carbocycles. The number of amides is 4. The van der Waals surface area contributed by atoms with Gasteiger partial charge in [-0.1, -0.05) is 47.5 Å². The normalized spacial score (nSPS) is 13.0. The first kappa shape index (κ1) is 52.5. The predicted octanol–water partition coefficient (Wildman–Crippen LogP) is 12.2. The highest BCUT2D eigenvalue weighted by Gasteiger charge is 2.27. The van der Waals surface area contributed by atoms with Crippen LogP contribution in [0.3, 0.4) is 0 Å². The Hall–Kier alpha value is -6.43. The standard InChI is InChI=1S/C47H43Cl5N8O8/c1-23(49)27-13-17-38(67-5)36(20-27)55-44(63)31-9-7-11-34(40(31)51)57-59-42(25(3)61)46(65)53-30-15-16-33(29(19-30)22-48)54-47(66)43(26(4)62)60-58-35-12-8-10-32(41(35)52)45(64)56-37-21-28(24(2)50)14-18-39(37)68-6/h7-21,23-24,42-43H,22H2,1-6H3,(H,53,65)(H,54,66)(H,55,63)(H,56,64). The molecule has 0 aliphatic heterocycles. The van der Waals surface area contributed by atoms with Crippen LogP contribution in [0.25, 0.3) is 0 Å². The highest BCUT2D eigenvalue weighted by Crippen LogP contribution is 2.35. The van der Waals surface area contributed by atoms with Crippen LogP contribution in [0.5, 0.6) is 11.5 Å². The Morgan fingerprint density at radius 1 is 0.574 bits per heavy atom. The molecule has 0 spiro atoms. The molecule has 4 amide bonds. The third-order valence-corrected chi connectivity index (χ3v) is 11.5. The predicted molar refractivity (Wildman–Crippen MR) is 265 cm³/mol. The van der Waals surface area contributed by atoms with Crippen molar-refractivity contribution in [1.29, 1.82) is 0 Å². The van der Waals surface area contributed by atoms with Gasteiger partial charge in [-0.05, 0) is 111 Å². The number of ether oxygens (including phenoxy) is 2. The average Bonchev–Trinajstić information content (AvgIpc) is 3.30. The quantitative estimate of drug-likeness (QED) is 0.0353. The summed E-state index contributed by atoms with van der Waals surface area (Å²) in [7, 11) is 2.91. The second-order valence-corrected chi connectivity index (χ2v) is 17.1. The lowest BCUT2D eigenvalue weighted by Crippen LogP contribution is -2.32. The molecule has 5 aromatic rings. The number of halogens is 5. The third kappa shape index (κ3) is 13.2. The zero-order valence-electron chi connectivity index (χ0n) is 37.1. The molecule has 354 valence electrons. The number of alkyl halides is 3. The minimum absolute atomic E-state index is 0.000797. The van der Waals surface area contributed by atoms with Crippen LogP contribution in [0, 0.1) is 0 Å². The van der Waals surface area contributed by atoms with E-state index in [2.05, 4.69) is 41.7 Å². The van der Waals surface area contributed by atoms with Crippen molar-refractivity contribution in [2.45, 2.75) is 56.4 Å². The summed E-state index contributed by atoms with van der Waals surface area (Å²) in [5, 5.41) is 25.8. The van der Waals surface area contributed by atoms with Crippen LogP contribution in [0.1, 0.15) is 75.9 Å². The molecule has 16 nitrogen and oxygen atoms in total. The van der Waals surface area contributed by atoms with Crippen molar-refractivity contribution in [2.75, 3.05) is 35.5 Å². The summed E-state index contributed by atoms with van der Waals surface area (Å²) in [5.41, 5.74) is 2.88. The maximum absolute atomic E-state index is 13.5. The number of azo groups is 2. The maximum atomic E-state index is 13.5. The molecular weight excluding hydrogens is 982 g/mol. The monoisotopic (exact) mass is 1020 g/mol. The summed E-state index contributed by atoms with van der Waals surface area (Å²) in [6, 6.07) is 20.0. The van der Waals surface area contributed by atoms with E-state index in [0.29, 0.717) is 28.4 Å². The van der Waals surface area contributed by atoms with Crippen molar-refractivity contribution in [1.82, 2.24) is 0 Å². The van der Waals surface area contributed by atoms with Crippen LogP contribution in [0.15, 0.2) is 111 Å². The van der Waals surface area contributed by atoms with Gasteiger partial charge in [-0.15, -0.1) is 34.8 Å². The summed E-state index contributed by atoms with van der Waals surface area (Å²) in [4.78, 5) is 78.9. The number of carbonyl (C=O) groups excluding carboxylic acids is 6. The lowest BCUT2D eigenvalue weighted by Gasteiger charge is -2.15. The molecule has 0 aliphatic rings. The molecule has 4 atom stereocenters. The first-order valence-corrected chi connectivity index (χ1v) is 22.5. The van der Waals surface area contributed by atoms with Gasteiger partial charge in [-0.3, -0.25) is 28.8 Å². The van der Waals surface area contributed by atoms with E-state index >= 15 is 0 Å². The summed E-state index contributed by atoms with van der Waals surface area (Å²) in [6.45, 7) is 5.85. The van der Waals surface area contributed by atoms with Crippen LogP contribution >= 0.6 is 58.0 Å². The number of methoxy groups -OCH3 is 2. The van der Waals surface area contributed by atoms with E-state index in [-0.39, 0.29) is 60.6 Å². The second-order valence-electron chi connectivity index (χ2n) is 14.8. The SMILES string of the molecule is COc1ccc(C(C)Cl)cc1NC(=O)c1cccc(N=NC(C(C)=O)C(=O)Nc2ccc(NC(=O)C(N=Nc3cccc(C(=O)Nc4cc(C(C)Cl)ccc4OC)c3Cl)C(C)=O)c(CCl)c2)c1Cl. The Kier molecular flexibility index (Phi) is 18.6.